The first kappa shape index (κ1) is 17.6. The van der Waals surface area contributed by atoms with Gasteiger partial charge < -0.3 is 10.1 Å². The molecule has 1 amide bonds. The number of nitrogens with one attached hydrogen (secondary N) is 1. The van der Waals surface area contributed by atoms with E-state index in [9.17, 15) is 4.79 Å². The summed E-state index contributed by atoms with van der Waals surface area (Å²) in [5.41, 5.74) is 1.71. The summed E-state index contributed by atoms with van der Waals surface area (Å²) in [5, 5.41) is 3.34. The molecule has 1 saturated heterocycles. The van der Waals surface area contributed by atoms with Crippen molar-refractivity contribution >= 4 is 23.2 Å². The first-order chi connectivity index (χ1) is 12.1. The molecule has 0 aliphatic carbocycles. The van der Waals surface area contributed by atoms with Gasteiger partial charge in [-0.2, -0.15) is 0 Å². The summed E-state index contributed by atoms with van der Waals surface area (Å²) in [6.07, 6.45) is 5.22. The highest BCUT2D eigenvalue weighted by molar-refractivity contribution is 6.29. The van der Waals surface area contributed by atoms with Crippen molar-refractivity contribution in [1.29, 1.82) is 0 Å². The smallest absolute Gasteiger partial charge is 0.238 e. The number of rotatable bonds is 5. The molecule has 0 saturated carbocycles. The lowest BCUT2D eigenvalue weighted by Crippen LogP contribution is -2.38. The van der Waals surface area contributed by atoms with E-state index in [0.717, 1.165) is 43.1 Å². The average molecular weight is 361 g/mol. The van der Waals surface area contributed by atoms with Crippen molar-refractivity contribution in [2.24, 2.45) is 0 Å². The highest BCUT2D eigenvalue weighted by atomic mass is 35.5. The average Bonchev–Trinajstić information content (AvgIpc) is 2.63. The van der Waals surface area contributed by atoms with Crippen LogP contribution in [0.2, 0.25) is 5.15 Å². The summed E-state index contributed by atoms with van der Waals surface area (Å²) < 4.78 is 5.11. The second-order valence-corrected chi connectivity index (χ2v) is 6.48. The number of methoxy groups -OCH3 is 1. The van der Waals surface area contributed by atoms with Crippen molar-refractivity contribution in [3.05, 3.63) is 47.5 Å². The van der Waals surface area contributed by atoms with Gasteiger partial charge in [0, 0.05) is 17.8 Å². The first-order valence-corrected chi connectivity index (χ1v) is 8.65. The molecular weight excluding hydrogens is 340 g/mol. The van der Waals surface area contributed by atoms with Gasteiger partial charge in [0.15, 0.2) is 0 Å². The van der Waals surface area contributed by atoms with E-state index in [0.29, 0.717) is 17.6 Å². The van der Waals surface area contributed by atoms with Crippen LogP contribution in [0.25, 0.3) is 0 Å². The minimum atomic E-state index is -0.00818. The van der Waals surface area contributed by atoms with Gasteiger partial charge in [0.05, 0.1) is 25.5 Å². The fourth-order valence-corrected chi connectivity index (χ4v) is 3.17. The van der Waals surface area contributed by atoms with Crippen LogP contribution in [0.5, 0.6) is 5.75 Å². The van der Waals surface area contributed by atoms with E-state index in [2.05, 4.69) is 20.2 Å². The van der Waals surface area contributed by atoms with E-state index in [1.807, 2.05) is 24.3 Å². The Morgan fingerprint density at radius 2 is 2.00 bits per heavy atom. The maximum Gasteiger partial charge on any atom is 0.238 e. The Labute approximate surface area is 152 Å². The van der Waals surface area contributed by atoms with Gasteiger partial charge in [0.25, 0.3) is 0 Å². The molecule has 1 aromatic heterocycles. The fourth-order valence-electron chi connectivity index (χ4n) is 3.02. The fraction of sp³-hybridized carbons (Fsp3) is 0.389. The Balaban J connectivity index is 1.47. The van der Waals surface area contributed by atoms with Gasteiger partial charge in [0.1, 0.15) is 10.9 Å². The van der Waals surface area contributed by atoms with Crippen LogP contribution < -0.4 is 10.1 Å². The maximum atomic E-state index is 12.2. The number of anilines is 1. The van der Waals surface area contributed by atoms with Gasteiger partial charge in [0.2, 0.25) is 5.91 Å². The van der Waals surface area contributed by atoms with Gasteiger partial charge in [-0.05, 0) is 50.2 Å². The van der Waals surface area contributed by atoms with Crippen molar-refractivity contribution in [2.45, 2.75) is 18.8 Å². The third-order valence-electron chi connectivity index (χ3n) is 4.37. The summed E-state index contributed by atoms with van der Waals surface area (Å²) in [6, 6.07) is 7.32. The van der Waals surface area contributed by atoms with Crippen LogP contribution in [0.4, 0.5) is 5.69 Å². The number of hydrogen-bond donors (Lipinski definition) is 1. The number of aromatic nitrogens is 2. The summed E-state index contributed by atoms with van der Waals surface area (Å²) in [7, 11) is 1.62. The van der Waals surface area contributed by atoms with Crippen molar-refractivity contribution in [3.63, 3.8) is 0 Å². The first-order valence-electron chi connectivity index (χ1n) is 8.28. The Bertz CT molecular complexity index is 715. The Morgan fingerprint density at radius 1 is 1.28 bits per heavy atom. The van der Waals surface area contributed by atoms with Crippen LogP contribution in [0.1, 0.15) is 24.5 Å². The number of benzene rings is 1. The van der Waals surface area contributed by atoms with Crippen LogP contribution in [-0.4, -0.2) is 47.5 Å². The number of hydrogen-bond acceptors (Lipinski definition) is 5. The van der Waals surface area contributed by atoms with Crippen LogP contribution in [-0.2, 0) is 4.79 Å². The highest BCUT2D eigenvalue weighted by Crippen LogP contribution is 2.26. The largest absolute Gasteiger partial charge is 0.497 e. The number of carbonyl (C=O) groups is 1. The number of likely N-dealkylation sites (tertiary alicyclic amines) is 1. The normalized spacial score (nSPS) is 15.8. The van der Waals surface area contributed by atoms with Gasteiger partial charge in [-0.15, -0.1) is 0 Å². The topological polar surface area (TPSA) is 67.3 Å². The van der Waals surface area contributed by atoms with E-state index in [-0.39, 0.29) is 5.91 Å². The molecule has 1 aromatic carbocycles. The Hall–Kier alpha value is -2.18. The van der Waals surface area contributed by atoms with Gasteiger partial charge in [-0.3, -0.25) is 14.7 Å². The number of carbonyl (C=O) groups excluding carboxylic acids is 1. The molecule has 1 aliphatic rings. The molecule has 1 aliphatic heterocycles. The predicted octanol–water partition coefficient (Wildman–Crippen LogP) is 2.96. The molecule has 3 rings (SSSR count). The maximum absolute atomic E-state index is 12.2. The van der Waals surface area contributed by atoms with E-state index >= 15 is 0 Å². The van der Waals surface area contributed by atoms with Gasteiger partial charge >= 0.3 is 0 Å². The van der Waals surface area contributed by atoms with Crippen LogP contribution >= 0.6 is 11.6 Å². The molecule has 1 fully saturated rings. The molecule has 0 bridgehead atoms. The second kappa shape index (κ2) is 8.27. The molecule has 0 spiro atoms. The van der Waals surface area contributed by atoms with Crippen molar-refractivity contribution in [3.8, 4) is 5.75 Å². The zero-order valence-electron chi connectivity index (χ0n) is 14.1. The van der Waals surface area contributed by atoms with E-state index in [1.54, 1.807) is 19.5 Å². The van der Waals surface area contributed by atoms with E-state index < -0.39 is 0 Å². The zero-order chi connectivity index (χ0) is 17.6. The highest BCUT2D eigenvalue weighted by Gasteiger charge is 2.23. The quantitative estimate of drug-likeness (QED) is 0.887. The predicted molar refractivity (Wildman–Crippen MR) is 97.1 cm³/mol. The minimum Gasteiger partial charge on any atom is -0.497 e. The summed E-state index contributed by atoms with van der Waals surface area (Å²) >= 11 is 5.91. The van der Waals surface area contributed by atoms with Crippen LogP contribution in [0.3, 0.4) is 0 Å². The summed E-state index contributed by atoms with van der Waals surface area (Å²) in [6.45, 7) is 2.10. The third kappa shape index (κ3) is 4.90. The van der Waals surface area contributed by atoms with E-state index in [1.165, 1.54) is 0 Å². The third-order valence-corrected chi connectivity index (χ3v) is 4.55. The number of ether oxygens (including phenoxy) is 1. The summed E-state index contributed by atoms with van der Waals surface area (Å²) in [4.78, 5) is 22.8. The second-order valence-electron chi connectivity index (χ2n) is 6.09. The van der Waals surface area contributed by atoms with Crippen molar-refractivity contribution in [1.82, 2.24) is 14.9 Å². The SMILES string of the molecule is COc1ccc(NC(=O)CN2CCC(c3cncc(Cl)n3)CC2)cc1. The van der Waals surface area contributed by atoms with E-state index in [4.69, 9.17) is 16.3 Å². The lowest BCUT2D eigenvalue weighted by atomic mass is 9.94. The molecule has 0 atom stereocenters. The number of nitrogens with zero attached hydrogens (tertiary/aromatic N) is 3. The zero-order valence-corrected chi connectivity index (χ0v) is 14.9. The Kier molecular flexibility index (Phi) is 5.83. The molecule has 132 valence electrons. The molecular formula is C18H21ClN4O2. The minimum absolute atomic E-state index is 0.00818. The molecule has 2 heterocycles. The molecule has 25 heavy (non-hydrogen) atoms. The van der Waals surface area contributed by atoms with Crippen LogP contribution in [0.15, 0.2) is 36.7 Å². The molecule has 6 nitrogen and oxygen atoms in total. The number of amides is 1. The molecule has 0 unspecified atom stereocenters. The van der Waals surface area contributed by atoms with Gasteiger partial charge in [-0.1, -0.05) is 11.6 Å². The monoisotopic (exact) mass is 360 g/mol. The van der Waals surface area contributed by atoms with Gasteiger partial charge in [-0.25, -0.2) is 4.98 Å². The van der Waals surface area contributed by atoms with Crippen LogP contribution in [0, 0.1) is 0 Å². The van der Waals surface area contributed by atoms with Crippen molar-refractivity contribution < 1.29 is 9.53 Å². The molecule has 1 N–H and O–H groups in total. The molecule has 0 radical (unpaired) electrons. The Morgan fingerprint density at radius 3 is 2.64 bits per heavy atom. The number of piperidine rings is 1. The standard InChI is InChI=1S/C18H21ClN4O2/c1-25-15-4-2-14(3-5-15)21-18(24)12-23-8-6-13(7-9-23)16-10-20-11-17(19)22-16/h2-5,10-11,13H,6-9,12H2,1H3,(H,21,24). The number of halogens is 1. The molecule has 7 heteroatoms. The molecule has 2 aromatic rings. The lowest BCUT2D eigenvalue weighted by molar-refractivity contribution is -0.117. The summed E-state index contributed by atoms with van der Waals surface area (Å²) in [5.74, 6) is 1.11. The van der Waals surface area contributed by atoms with Crippen molar-refractivity contribution in [2.75, 3.05) is 32.1 Å². The lowest BCUT2D eigenvalue weighted by Gasteiger charge is -2.31.